The summed E-state index contributed by atoms with van der Waals surface area (Å²) in [5, 5.41) is 10.9. The van der Waals surface area contributed by atoms with Crippen LogP contribution in [0.3, 0.4) is 0 Å². The Morgan fingerprint density at radius 3 is 1.90 bits per heavy atom. The van der Waals surface area contributed by atoms with E-state index in [1.807, 2.05) is 0 Å². The molecular formula is C28H21BrN6O5. The molecule has 2 atom stereocenters. The van der Waals surface area contributed by atoms with Crippen LogP contribution in [0.2, 0.25) is 0 Å². The number of benzene rings is 3. The lowest BCUT2D eigenvalue weighted by atomic mass is 9.90. The molecule has 2 aromatic heterocycles. The summed E-state index contributed by atoms with van der Waals surface area (Å²) in [6.07, 6.45) is 1.80. The molecular weight excluding hydrogens is 580 g/mol. The SMILES string of the molecule is O=c1n(-c2ccccc2)c(=O)n2n1CC=C1C2Cn2c(=O)n(-c3ccccc3)c(=O)n2C1c1cc(Br)ccc1O. The average molecular weight is 601 g/mol. The molecule has 1 N–H and O–H groups in total. The molecule has 12 heteroatoms. The Kier molecular flexibility index (Phi) is 5.36. The minimum absolute atomic E-state index is 0.0663. The Morgan fingerprint density at radius 1 is 0.700 bits per heavy atom. The van der Waals surface area contributed by atoms with Crippen LogP contribution in [0.1, 0.15) is 17.6 Å². The van der Waals surface area contributed by atoms with Gasteiger partial charge in [-0.3, -0.25) is 0 Å². The first-order valence-electron chi connectivity index (χ1n) is 12.5. The maximum absolute atomic E-state index is 13.9. The van der Waals surface area contributed by atoms with Crippen molar-refractivity contribution in [2.24, 2.45) is 0 Å². The van der Waals surface area contributed by atoms with Crippen molar-refractivity contribution in [1.82, 2.24) is 27.9 Å². The number of para-hydroxylation sites is 2. The zero-order chi connectivity index (χ0) is 27.7. The van der Waals surface area contributed by atoms with Gasteiger partial charge in [-0.1, -0.05) is 58.4 Å². The van der Waals surface area contributed by atoms with Crippen LogP contribution >= 0.6 is 15.9 Å². The quantitative estimate of drug-likeness (QED) is 0.318. The zero-order valence-corrected chi connectivity index (χ0v) is 22.4. The van der Waals surface area contributed by atoms with Crippen LogP contribution in [0.4, 0.5) is 0 Å². The standard InChI is InChI=1S/C28H21BrN6O5/c29-17-11-12-23(36)21(15-17)24-20-13-14-30-25(37)32(18-7-3-1-4-8-18)27(39)34(30)22(20)16-31-26(38)33(28(40)35(24)31)19-9-5-2-6-10-19/h1-13,15,22,24,36H,14,16H2. The monoisotopic (exact) mass is 600 g/mol. The van der Waals surface area contributed by atoms with Crippen molar-refractivity contribution < 1.29 is 5.11 Å². The molecule has 0 bridgehead atoms. The fourth-order valence-corrected chi connectivity index (χ4v) is 6.15. The molecule has 2 aliphatic rings. The van der Waals surface area contributed by atoms with Gasteiger partial charge in [0.05, 0.1) is 30.5 Å². The van der Waals surface area contributed by atoms with E-state index < -0.39 is 34.8 Å². The highest BCUT2D eigenvalue weighted by Gasteiger charge is 2.42. The molecule has 0 amide bonds. The summed E-state index contributed by atoms with van der Waals surface area (Å²) in [5.41, 5.74) is -0.436. The lowest BCUT2D eigenvalue weighted by Crippen LogP contribution is -2.47. The maximum Gasteiger partial charge on any atom is 0.352 e. The Bertz CT molecular complexity index is 2080. The van der Waals surface area contributed by atoms with Gasteiger partial charge < -0.3 is 5.11 Å². The molecule has 0 radical (unpaired) electrons. The van der Waals surface area contributed by atoms with Crippen molar-refractivity contribution in [2.45, 2.75) is 25.2 Å². The molecule has 200 valence electrons. The van der Waals surface area contributed by atoms with Crippen LogP contribution < -0.4 is 22.8 Å². The Morgan fingerprint density at radius 2 is 1.27 bits per heavy atom. The van der Waals surface area contributed by atoms with Gasteiger partial charge in [0.15, 0.2) is 0 Å². The minimum Gasteiger partial charge on any atom is -0.508 e. The second-order valence-corrected chi connectivity index (χ2v) is 10.6. The van der Waals surface area contributed by atoms with E-state index in [4.69, 9.17) is 0 Å². The molecule has 11 nitrogen and oxygen atoms in total. The smallest absolute Gasteiger partial charge is 0.352 e. The number of phenols is 1. The van der Waals surface area contributed by atoms with Crippen LogP contribution in [0.5, 0.6) is 5.75 Å². The van der Waals surface area contributed by atoms with Crippen molar-refractivity contribution in [3.8, 4) is 17.1 Å². The molecule has 7 rings (SSSR count). The maximum atomic E-state index is 13.9. The molecule has 4 heterocycles. The summed E-state index contributed by atoms with van der Waals surface area (Å²) >= 11 is 3.45. The van der Waals surface area contributed by atoms with E-state index >= 15 is 0 Å². The van der Waals surface area contributed by atoms with Gasteiger partial charge in [0.1, 0.15) is 11.8 Å². The second-order valence-electron chi connectivity index (χ2n) is 9.65. The number of rotatable bonds is 3. The van der Waals surface area contributed by atoms with Crippen molar-refractivity contribution in [3.63, 3.8) is 0 Å². The predicted octanol–water partition coefficient (Wildman–Crippen LogP) is 2.17. The van der Waals surface area contributed by atoms with Gasteiger partial charge >= 0.3 is 22.8 Å². The predicted molar refractivity (Wildman–Crippen MR) is 150 cm³/mol. The summed E-state index contributed by atoms with van der Waals surface area (Å²) in [6.45, 7) is 0.00648. The van der Waals surface area contributed by atoms with Gasteiger partial charge in [-0.15, -0.1) is 0 Å². The van der Waals surface area contributed by atoms with Crippen LogP contribution in [0, 0.1) is 0 Å². The third-order valence-electron chi connectivity index (χ3n) is 7.52. The van der Waals surface area contributed by atoms with E-state index in [2.05, 4.69) is 15.9 Å². The van der Waals surface area contributed by atoms with Crippen LogP contribution in [-0.2, 0) is 13.1 Å². The van der Waals surface area contributed by atoms with Gasteiger partial charge in [0, 0.05) is 10.0 Å². The molecule has 0 spiro atoms. The molecule has 3 aromatic carbocycles. The molecule has 0 saturated carbocycles. The van der Waals surface area contributed by atoms with Crippen LogP contribution in [0.15, 0.2) is 114 Å². The third kappa shape index (κ3) is 3.35. The van der Waals surface area contributed by atoms with E-state index in [0.717, 1.165) is 9.13 Å². The molecule has 0 aliphatic carbocycles. The molecule has 0 saturated heterocycles. The Labute approximate surface area is 233 Å². The molecule has 2 aliphatic heterocycles. The zero-order valence-electron chi connectivity index (χ0n) is 20.8. The van der Waals surface area contributed by atoms with Gasteiger partial charge in [0.2, 0.25) is 0 Å². The lowest BCUT2D eigenvalue weighted by molar-refractivity contribution is 0.244. The van der Waals surface area contributed by atoms with E-state index in [0.29, 0.717) is 27.0 Å². The van der Waals surface area contributed by atoms with Crippen LogP contribution in [-0.4, -0.2) is 33.0 Å². The van der Waals surface area contributed by atoms with Crippen molar-refractivity contribution in [3.05, 3.63) is 142 Å². The minimum atomic E-state index is -0.919. The van der Waals surface area contributed by atoms with Gasteiger partial charge in [-0.2, -0.15) is 0 Å². The molecule has 40 heavy (non-hydrogen) atoms. The molecule has 2 unspecified atom stereocenters. The number of hydrogen-bond acceptors (Lipinski definition) is 5. The van der Waals surface area contributed by atoms with Crippen LogP contribution in [0.25, 0.3) is 11.4 Å². The summed E-state index contributed by atoms with van der Waals surface area (Å²) in [6, 6.07) is 20.4. The summed E-state index contributed by atoms with van der Waals surface area (Å²) in [4.78, 5) is 54.9. The second kappa shape index (κ2) is 8.85. The van der Waals surface area contributed by atoms with Crippen molar-refractivity contribution >= 4 is 15.9 Å². The number of aromatic hydroxyl groups is 1. The molecule has 5 aromatic rings. The first-order chi connectivity index (χ1) is 19.4. The topological polar surface area (TPSA) is 118 Å². The number of halogens is 1. The van der Waals surface area contributed by atoms with Gasteiger partial charge in [-0.05, 0) is 48.0 Å². The van der Waals surface area contributed by atoms with Gasteiger partial charge in [-0.25, -0.2) is 47.0 Å². The highest BCUT2D eigenvalue weighted by atomic mass is 79.9. The third-order valence-corrected chi connectivity index (χ3v) is 8.01. The highest BCUT2D eigenvalue weighted by molar-refractivity contribution is 9.10. The number of hydrogen-bond donors (Lipinski definition) is 1. The largest absolute Gasteiger partial charge is 0.508 e. The first-order valence-corrected chi connectivity index (χ1v) is 13.3. The van der Waals surface area contributed by atoms with E-state index in [1.165, 1.54) is 24.8 Å². The number of allylic oxidation sites excluding steroid dienone is 2. The first kappa shape index (κ1) is 24.2. The fraction of sp³-hybridized carbons (Fsp3) is 0.143. The van der Waals surface area contributed by atoms with E-state index in [9.17, 15) is 24.3 Å². The number of nitrogens with zero attached hydrogens (tertiary/aromatic N) is 6. The fourth-order valence-electron chi connectivity index (χ4n) is 5.78. The van der Waals surface area contributed by atoms with Crippen molar-refractivity contribution in [1.29, 1.82) is 0 Å². The lowest BCUT2D eigenvalue weighted by Gasteiger charge is -2.37. The number of aromatic nitrogens is 6. The normalized spacial score (nSPS) is 17.6. The van der Waals surface area contributed by atoms with Crippen molar-refractivity contribution in [2.75, 3.05) is 0 Å². The highest BCUT2D eigenvalue weighted by Crippen LogP contribution is 2.42. The summed E-state index contributed by atoms with van der Waals surface area (Å²) in [5.74, 6) is -0.0784. The Hall–Kier alpha value is -4.84. The molecule has 0 fully saturated rings. The van der Waals surface area contributed by atoms with Gasteiger partial charge in [0.25, 0.3) is 0 Å². The number of phenolic OH excluding ortho intramolecular Hbond substituents is 1. The average Bonchev–Trinajstić information content (AvgIpc) is 3.38. The van der Waals surface area contributed by atoms with E-state index in [1.54, 1.807) is 78.9 Å². The number of fused-ring (bicyclic) bond motifs is 4. The summed E-state index contributed by atoms with van der Waals surface area (Å²) in [7, 11) is 0. The van der Waals surface area contributed by atoms with E-state index in [-0.39, 0.29) is 18.8 Å². The summed E-state index contributed by atoms with van der Waals surface area (Å²) < 4.78 is 8.14. The Balaban J connectivity index is 1.52.